The summed E-state index contributed by atoms with van der Waals surface area (Å²) in [5, 5.41) is 42.9. The van der Waals surface area contributed by atoms with E-state index in [0.717, 1.165) is 0 Å². The van der Waals surface area contributed by atoms with Crippen molar-refractivity contribution in [2.75, 3.05) is 7.11 Å². The number of aliphatic hydroxyl groups is 4. The van der Waals surface area contributed by atoms with Crippen LogP contribution in [0.4, 0.5) is 0 Å². The van der Waals surface area contributed by atoms with Gasteiger partial charge in [-0.2, -0.15) is 0 Å². The number of esters is 2. The first-order valence-electron chi connectivity index (χ1n) is 18.5. The van der Waals surface area contributed by atoms with E-state index in [1.54, 1.807) is 102 Å². The molecule has 0 radical (unpaired) electrons. The van der Waals surface area contributed by atoms with Gasteiger partial charge in [-0.15, -0.1) is 0 Å². The molecule has 2 aromatic heterocycles. The zero-order chi connectivity index (χ0) is 41.3. The van der Waals surface area contributed by atoms with E-state index in [2.05, 4.69) is 9.97 Å². The first-order chi connectivity index (χ1) is 26.6. The maximum absolute atomic E-state index is 13.3. The maximum atomic E-state index is 13.3. The number of aromatic nitrogens is 2. The third-order valence-corrected chi connectivity index (χ3v) is 9.44. The summed E-state index contributed by atoms with van der Waals surface area (Å²) >= 11 is 0. The molecule has 0 saturated heterocycles. The largest absolute Gasteiger partial charge is 0.457 e. The molecular weight excluding hydrogens is 720 g/mol. The number of methoxy groups -OCH3 is 1. The number of carbonyl (C=O) groups is 2. The number of cyclic esters (lactones) is 2. The number of ether oxygens (including phenoxy) is 3. The Kier molecular flexibility index (Phi) is 17.8. The first kappa shape index (κ1) is 45.5. The Morgan fingerprint density at radius 1 is 0.732 bits per heavy atom. The number of oxazole rings is 2. The van der Waals surface area contributed by atoms with Crippen LogP contribution in [0, 0.1) is 10.8 Å². The zero-order valence-corrected chi connectivity index (χ0v) is 33.1. The van der Waals surface area contributed by atoms with Crippen LogP contribution in [0.15, 0.2) is 113 Å². The van der Waals surface area contributed by atoms with Crippen LogP contribution in [0.3, 0.4) is 0 Å². The maximum Gasteiger partial charge on any atom is 0.360 e. The summed E-state index contributed by atoms with van der Waals surface area (Å²) in [5.41, 5.74) is -1.97. The monoisotopic (exact) mass is 776 g/mol. The standard InChI is InChI=1S/C43H56N2O11/c1-8-18-34(48)42(3,4)36-23-14-12-10-11-13-20-29(52-7)26-39-45-31(28-54-39)41(51)56-37(43(5,6)35(49)19-9-2)24-17-22-33(47)32(46)21-15-16-25-38-44-30(27-53-38)40(50)55-36/h8-22,25,27-29,32-37,46-49H,23-24,26H2,1-7H3/b11-10-,14-12-,18-8+,19-9+,20-13+,21-15+,22-17-,25-16-/t29-,32?,33?,34-,35-,36-,37-/m0/s1. The number of hydrogen-bond donors (Lipinski definition) is 4. The molecule has 304 valence electrons. The first-order valence-corrected chi connectivity index (χ1v) is 18.5. The fraction of sp³-hybridized carbons (Fsp3) is 0.442. The quantitative estimate of drug-likeness (QED) is 0.183. The zero-order valence-electron chi connectivity index (χ0n) is 33.1. The number of nitrogens with zero attached hydrogens (tertiary/aromatic N) is 2. The smallest absolute Gasteiger partial charge is 0.360 e. The van der Waals surface area contributed by atoms with Gasteiger partial charge in [0.15, 0.2) is 17.3 Å². The molecule has 0 aromatic carbocycles. The van der Waals surface area contributed by atoms with Gasteiger partial charge in [0.25, 0.3) is 0 Å². The summed E-state index contributed by atoms with van der Waals surface area (Å²) < 4.78 is 28.3. The van der Waals surface area contributed by atoms with E-state index in [0.29, 0.717) is 0 Å². The molecule has 1 aliphatic rings. The van der Waals surface area contributed by atoms with Crippen LogP contribution >= 0.6 is 0 Å². The van der Waals surface area contributed by atoms with Gasteiger partial charge in [0.1, 0.15) is 36.9 Å². The number of fused-ring (bicyclic) bond motifs is 4. The van der Waals surface area contributed by atoms with E-state index >= 15 is 0 Å². The Hall–Kier alpha value is -4.92. The molecule has 0 amide bonds. The van der Waals surface area contributed by atoms with Crippen molar-refractivity contribution in [3.63, 3.8) is 0 Å². The fourth-order valence-electron chi connectivity index (χ4n) is 5.47. The average Bonchev–Trinajstić information content (AvgIpc) is 3.84. The second-order valence-corrected chi connectivity index (χ2v) is 14.4. The molecule has 0 fully saturated rings. The van der Waals surface area contributed by atoms with Crippen molar-refractivity contribution in [2.24, 2.45) is 10.8 Å². The van der Waals surface area contributed by atoms with Crippen molar-refractivity contribution in [3.8, 4) is 0 Å². The van der Waals surface area contributed by atoms with Crippen LogP contribution in [0.25, 0.3) is 6.08 Å². The minimum atomic E-state index is -1.32. The molecule has 0 saturated carbocycles. The highest BCUT2D eigenvalue weighted by molar-refractivity contribution is 5.87. The molecule has 56 heavy (non-hydrogen) atoms. The van der Waals surface area contributed by atoms with Gasteiger partial charge in [0, 0.05) is 36.9 Å². The number of allylic oxidation sites excluding steroid dienone is 8. The van der Waals surface area contributed by atoms with Gasteiger partial charge in [0.2, 0.25) is 5.89 Å². The second-order valence-electron chi connectivity index (χ2n) is 14.4. The molecule has 2 unspecified atom stereocenters. The number of rotatable bonds is 7. The summed E-state index contributed by atoms with van der Waals surface area (Å²) in [6.07, 6.45) is 22.5. The van der Waals surface area contributed by atoms with Crippen molar-refractivity contribution in [1.82, 2.24) is 9.97 Å². The van der Waals surface area contributed by atoms with E-state index in [4.69, 9.17) is 23.0 Å². The van der Waals surface area contributed by atoms with E-state index in [1.807, 2.05) is 6.08 Å². The molecule has 0 spiro atoms. The van der Waals surface area contributed by atoms with Crippen LogP contribution in [0.5, 0.6) is 0 Å². The Morgan fingerprint density at radius 3 is 1.88 bits per heavy atom. The number of hydrogen-bond acceptors (Lipinski definition) is 13. The third-order valence-electron chi connectivity index (χ3n) is 9.44. The minimum Gasteiger partial charge on any atom is -0.457 e. The summed E-state index contributed by atoms with van der Waals surface area (Å²) in [5.74, 6) is -1.15. The lowest BCUT2D eigenvalue weighted by molar-refractivity contribution is -0.0462. The molecular formula is C43H56N2O11. The van der Waals surface area contributed by atoms with Gasteiger partial charge in [-0.1, -0.05) is 119 Å². The van der Waals surface area contributed by atoms with Gasteiger partial charge in [-0.05, 0) is 13.8 Å². The van der Waals surface area contributed by atoms with E-state index in [1.165, 1.54) is 50.0 Å². The highest BCUT2D eigenvalue weighted by Gasteiger charge is 2.39. The summed E-state index contributed by atoms with van der Waals surface area (Å²) in [6.45, 7) is 10.7. The predicted molar refractivity (Wildman–Crippen MR) is 211 cm³/mol. The highest BCUT2D eigenvalue weighted by atomic mass is 16.6. The normalized spacial score (nSPS) is 27.4. The van der Waals surface area contributed by atoms with Crippen LogP contribution in [-0.2, 0) is 20.6 Å². The summed E-state index contributed by atoms with van der Waals surface area (Å²) in [6, 6.07) is 0. The lowest BCUT2D eigenvalue weighted by Gasteiger charge is -2.36. The number of carbonyl (C=O) groups excluding carboxylic acids is 2. The van der Waals surface area contributed by atoms with Gasteiger partial charge >= 0.3 is 11.9 Å². The van der Waals surface area contributed by atoms with Crippen molar-refractivity contribution < 1.29 is 53.1 Å². The molecule has 0 aliphatic carbocycles. The predicted octanol–water partition coefficient (Wildman–Crippen LogP) is 6.21. The summed E-state index contributed by atoms with van der Waals surface area (Å²) in [4.78, 5) is 35.0. The average molecular weight is 777 g/mol. The third kappa shape index (κ3) is 13.4. The highest BCUT2D eigenvalue weighted by Crippen LogP contribution is 2.33. The topological polar surface area (TPSA) is 195 Å². The van der Waals surface area contributed by atoms with Crippen molar-refractivity contribution in [2.45, 2.75) is 104 Å². The molecule has 2 aromatic rings. The molecule has 3 rings (SSSR count). The Morgan fingerprint density at radius 2 is 1.27 bits per heavy atom. The Balaban J connectivity index is 1.93. The van der Waals surface area contributed by atoms with Crippen molar-refractivity contribution >= 4 is 18.0 Å². The second kappa shape index (κ2) is 22.0. The lowest BCUT2D eigenvalue weighted by Crippen LogP contribution is -2.42. The van der Waals surface area contributed by atoms with Crippen LogP contribution in [0.2, 0.25) is 0 Å². The van der Waals surface area contributed by atoms with Crippen LogP contribution in [-0.4, -0.2) is 92.2 Å². The minimum absolute atomic E-state index is 0.0613. The lowest BCUT2D eigenvalue weighted by atomic mass is 9.79. The van der Waals surface area contributed by atoms with Gasteiger partial charge in [-0.25, -0.2) is 19.6 Å². The Bertz CT molecular complexity index is 1790. The van der Waals surface area contributed by atoms with Gasteiger partial charge in [0.05, 0.1) is 24.7 Å². The molecule has 1 aliphatic heterocycles. The van der Waals surface area contributed by atoms with E-state index in [-0.39, 0.29) is 42.4 Å². The van der Waals surface area contributed by atoms with Crippen LogP contribution < -0.4 is 0 Å². The van der Waals surface area contributed by atoms with E-state index < -0.39 is 65.5 Å². The SMILES string of the molecule is C/C=C/[C@H](O)C(C)(C)[C@@H]1C\C=C/C=C\C=C\[C@H](OC)Cc2nc(co2)C(=O)O[C@H](C(C)(C)[C@@H](O)/C=C/C)C/C=C\C(O)C(O)/C=C/C=C\c2nc(co2)C(=O)O1. The molecule has 3 heterocycles. The van der Waals surface area contributed by atoms with Gasteiger partial charge in [-0.3, -0.25) is 0 Å². The molecule has 13 heteroatoms. The summed E-state index contributed by atoms with van der Waals surface area (Å²) in [7, 11) is 1.53. The molecule has 4 bridgehead atoms. The number of aliphatic hydroxyl groups excluding tert-OH is 4. The van der Waals surface area contributed by atoms with Gasteiger partial charge < -0.3 is 43.5 Å². The van der Waals surface area contributed by atoms with Crippen molar-refractivity contribution in [3.05, 3.63) is 127 Å². The molecule has 13 nitrogen and oxygen atoms in total. The van der Waals surface area contributed by atoms with Crippen LogP contribution in [0.1, 0.15) is 87.1 Å². The fourth-order valence-corrected chi connectivity index (χ4v) is 5.47. The van der Waals surface area contributed by atoms with E-state index in [9.17, 15) is 30.0 Å². The van der Waals surface area contributed by atoms with Crippen molar-refractivity contribution in [1.29, 1.82) is 0 Å². The molecule has 7 atom stereocenters. The molecule has 4 N–H and O–H groups in total. The Labute approximate surface area is 328 Å².